The van der Waals surface area contributed by atoms with Gasteiger partial charge in [-0.25, -0.2) is 9.97 Å². The van der Waals surface area contributed by atoms with E-state index in [2.05, 4.69) is 22.2 Å². The van der Waals surface area contributed by atoms with Crippen molar-refractivity contribution < 1.29 is 0 Å². The van der Waals surface area contributed by atoms with Gasteiger partial charge in [0, 0.05) is 23.6 Å². The molecule has 1 aromatic heterocycles. The molecule has 0 aliphatic heterocycles. The first-order valence-corrected chi connectivity index (χ1v) is 7.59. The Morgan fingerprint density at radius 2 is 1.86 bits per heavy atom. The molecule has 0 amide bonds. The molecule has 1 aromatic carbocycles. The average Bonchev–Trinajstić information content (AvgIpc) is 2.46. The van der Waals surface area contributed by atoms with Crippen LogP contribution in [-0.4, -0.2) is 16.5 Å². The van der Waals surface area contributed by atoms with Gasteiger partial charge in [-0.2, -0.15) is 0 Å². The largest absolute Gasteiger partial charge is 0.383 e. The summed E-state index contributed by atoms with van der Waals surface area (Å²) in [6.45, 7) is 4.84. The van der Waals surface area contributed by atoms with Crippen molar-refractivity contribution in [1.82, 2.24) is 9.97 Å². The first-order chi connectivity index (χ1) is 10.1. The standard InChI is InChI=1S/C16H21ClN4/c1-3-4-14-20-15(18)11(2)16(21-14)19-10-9-12-5-7-13(17)8-6-12/h5-8H,3-4,9-10H2,1-2H3,(H3,18,19,20,21). The number of nitrogen functional groups attached to an aromatic ring is 1. The fourth-order valence-electron chi connectivity index (χ4n) is 2.07. The highest BCUT2D eigenvalue weighted by Gasteiger charge is 2.07. The van der Waals surface area contributed by atoms with Gasteiger partial charge in [-0.3, -0.25) is 0 Å². The number of nitrogens with one attached hydrogen (secondary N) is 1. The van der Waals surface area contributed by atoms with Gasteiger partial charge < -0.3 is 11.1 Å². The van der Waals surface area contributed by atoms with Crippen LogP contribution in [0.3, 0.4) is 0 Å². The molecule has 0 atom stereocenters. The summed E-state index contributed by atoms with van der Waals surface area (Å²) in [5, 5.41) is 4.11. The average molecular weight is 305 g/mol. The zero-order valence-corrected chi connectivity index (χ0v) is 13.2. The van der Waals surface area contributed by atoms with Gasteiger partial charge in [0.05, 0.1) is 0 Å². The Hall–Kier alpha value is -1.81. The minimum Gasteiger partial charge on any atom is -0.383 e. The second-order valence-electron chi connectivity index (χ2n) is 5.05. The van der Waals surface area contributed by atoms with Gasteiger partial charge in [0.25, 0.3) is 0 Å². The highest BCUT2D eigenvalue weighted by molar-refractivity contribution is 6.30. The normalized spacial score (nSPS) is 10.6. The van der Waals surface area contributed by atoms with E-state index in [4.69, 9.17) is 17.3 Å². The Morgan fingerprint density at radius 3 is 2.52 bits per heavy atom. The Labute approximate surface area is 130 Å². The Bertz CT molecular complexity index is 596. The minimum absolute atomic E-state index is 0.558. The van der Waals surface area contributed by atoms with Crippen LogP contribution in [0.5, 0.6) is 0 Å². The molecule has 3 N–H and O–H groups in total. The number of rotatable bonds is 6. The van der Waals surface area contributed by atoms with E-state index >= 15 is 0 Å². The molecule has 2 rings (SSSR count). The fourth-order valence-corrected chi connectivity index (χ4v) is 2.19. The van der Waals surface area contributed by atoms with E-state index in [1.807, 2.05) is 31.2 Å². The molecule has 1 heterocycles. The number of nitrogens with two attached hydrogens (primary N) is 1. The second kappa shape index (κ2) is 7.27. The molecule has 5 heteroatoms. The van der Waals surface area contributed by atoms with Crippen LogP contribution in [0.15, 0.2) is 24.3 Å². The van der Waals surface area contributed by atoms with Crippen molar-refractivity contribution in [2.45, 2.75) is 33.1 Å². The van der Waals surface area contributed by atoms with Crippen molar-refractivity contribution in [3.05, 3.63) is 46.2 Å². The Balaban J connectivity index is 2.00. The zero-order chi connectivity index (χ0) is 15.2. The topological polar surface area (TPSA) is 63.8 Å². The van der Waals surface area contributed by atoms with Crippen LogP contribution >= 0.6 is 11.6 Å². The summed E-state index contributed by atoms with van der Waals surface area (Å²) in [5.41, 5.74) is 8.09. The molecule has 0 unspecified atom stereocenters. The number of nitrogens with zero attached hydrogens (tertiary/aromatic N) is 2. The SMILES string of the molecule is CCCc1nc(N)c(C)c(NCCc2ccc(Cl)cc2)n1. The van der Waals surface area contributed by atoms with Crippen molar-refractivity contribution in [1.29, 1.82) is 0 Å². The first kappa shape index (κ1) is 15.6. The third-order valence-electron chi connectivity index (χ3n) is 3.32. The lowest BCUT2D eigenvalue weighted by atomic mass is 10.1. The molecule has 0 bridgehead atoms. The summed E-state index contributed by atoms with van der Waals surface area (Å²) in [4.78, 5) is 8.86. The molecule has 0 aliphatic rings. The summed E-state index contributed by atoms with van der Waals surface area (Å²) >= 11 is 5.88. The van der Waals surface area contributed by atoms with Crippen molar-refractivity contribution in [3.8, 4) is 0 Å². The van der Waals surface area contributed by atoms with Crippen LogP contribution in [0, 0.1) is 6.92 Å². The lowest BCUT2D eigenvalue weighted by Gasteiger charge is -2.12. The minimum atomic E-state index is 0.558. The highest BCUT2D eigenvalue weighted by atomic mass is 35.5. The zero-order valence-electron chi connectivity index (χ0n) is 12.5. The predicted octanol–water partition coefficient (Wildman–Crippen LogP) is 3.63. The summed E-state index contributed by atoms with van der Waals surface area (Å²) in [6.07, 6.45) is 2.76. The van der Waals surface area contributed by atoms with E-state index in [-0.39, 0.29) is 0 Å². The van der Waals surface area contributed by atoms with Crippen LogP contribution < -0.4 is 11.1 Å². The van der Waals surface area contributed by atoms with E-state index in [1.54, 1.807) is 0 Å². The van der Waals surface area contributed by atoms with Crippen LogP contribution in [0.1, 0.15) is 30.3 Å². The summed E-state index contributed by atoms with van der Waals surface area (Å²) < 4.78 is 0. The molecule has 2 aromatic rings. The predicted molar refractivity (Wildman–Crippen MR) is 88.8 cm³/mol. The van der Waals surface area contributed by atoms with E-state index in [0.29, 0.717) is 5.82 Å². The maximum absolute atomic E-state index is 5.95. The number of benzene rings is 1. The third kappa shape index (κ3) is 4.33. The molecule has 21 heavy (non-hydrogen) atoms. The van der Waals surface area contributed by atoms with Gasteiger partial charge in [0.1, 0.15) is 17.5 Å². The number of anilines is 2. The second-order valence-corrected chi connectivity index (χ2v) is 5.49. The number of aryl methyl sites for hydroxylation is 1. The highest BCUT2D eigenvalue weighted by Crippen LogP contribution is 2.18. The van der Waals surface area contributed by atoms with Gasteiger partial charge in [0.2, 0.25) is 0 Å². The van der Waals surface area contributed by atoms with Crippen LogP contribution in [0.4, 0.5) is 11.6 Å². The van der Waals surface area contributed by atoms with Crippen molar-refractivity contribution >= 4 is 23.2 Å². The number of aromatic nitrogens is 2. The lowest BCUT2D eigenvalue weighted by molar-refractivity contribution is 0.832. The number of halogens is 1. The molecule has 0 saturated carbocycles. The van der Waals surface area contributed by atoms with Gasteiger partial charge in [-0.1, -0.05) is 30.7 Å². The third-order valence-corrected chi connectivity index (χ3v) is 3.57. The van der Waals surface area contributed by atoms with E-state index in [1.165, 1.54) is 5.56 Å². The molecule has 0 saturated heterocycles. The van der Waals surface area contributed by atoms with Gasteiger partial charge in [-0.05, 0) is 37.5 Å². The molecule has 0 fully saturated rings. The Morgan fingerprint density at radius 1 is 1.14 bits per heavy atom. The number of hydrogen-bond donors (Lipinski definition) is 2. The molecule has 112 valence electrons. The fraction of sp³-hybridized carbons (Fsp3) is 0.375. The first-order valence-electron chi connectivity index (χ1n) is 7.21. The van der Waals surface area contributed by atoms with Crippen molar-refractivity contribution in [2.24, 2.45) is 0 Å². The molecule has 4 nitrogen and oxygen atoms in total. The molecule has 0 spiro atoms. The van der Waals surface area contributed by atoms with Crippen LogP contribution in [-0.2, 0) is 12.8 Å². The van der Waals surface area contributed by atoms with Crippen LogP contribution in [0.25, 0.3) is 0 Å². The molecule has 0 radical (unpaired) electrons. The van der Waals surface area contributed by atoms with Crippen molar-refractivity contribution in [3.63, 3.8) is 0 Å². The van der Waals surface area contributed by atoms with Crippen LogP contribution in [0.2, 0.25) is 5.02 Å². The van der Waals surface area contributed by atoms with Crippen molar-refractivity contribution in [2.75, 3.05) is 17.6 Å². The van der Waals surface area contributed by atoms with E-state index in [0.717, 1.165) is 48.0 Å². The summed E-state index contributed by atoms with van der Waals surface area (Å²) in [5.74, 6) is 2.19. The lowest BCUT2D eigenvalue weighted by Crippen LogP contribution is -2.12. The molecular weight excluding hydrogens is 284 g/mol. The molecule has 0 aliphatic carbocycles. The molecular formula is C16H21ClN4. The van der Waals surface area contributed by atoms with Gasteiger partial charge in [-0.15, -0.1) is 0 Å². The maximum atomic E-state index is 5.95. The smallest absolute Gasteiger partial charge is 0.134 e. The van der Waals surface area contributed by atoms with E-state index < -0.39 is 0 Å². The van der Waals surface area contributed by atoms with Gasteiger partial charge >= 0.3 is 0 Å². The summed E-state index contributed by atoms with van der Waals surface area (Å²) in [7, 11) is 0. The van der Waals surface area contributed by atoms with Gasteiger partial charge in [0.15, 0.2) is 0 Å². The number of hydrogen-bond acceptors (Lipinski definition) is 4. The quantitative estimate of drug-likeness (QED) is 0.855. The summed E-state index contributed by atoms with van der Waals surface area (Å²) in [6, 6.07) is 7.88. The Kier molecular flexibility index (Phi) is 5.39. The monoisotopic (exact) mass is 304 g/mol. The maximum Gasteiger partial charge on any atom is 0.134 e. The van der Waals surface area contributed by atoms with E-state index in [9.17, 15) is 0 Å².